The number of pyridine rings is 1. The number of esters is 1. The van der Waals surface area contributed by atoms with Crippen LogP contribution in [0.5, 0.6) is 23.3 Å². The number of nitriles is 1. The highest BCUT2D eigenvalue weighted by Gasteiger charge is 2.43. The highest BCUT2D eigenvalue weighted by Crippen LogP contribution is 2.41. The van der Waals surface area contributed by atoms with Gasteiger partial charge in [-0.3, -0.25) is 0 Å². The van der Waals surface area contributed by atoms with E-state index in [-0.39, 0.29) is 6.54 Å². The van der Waals surface area contributed by atoms with Crippen molar-refractivity contribution in [2.45, 2.75) is 74.8 Å². The van der Waals surface area contributed by atoms with Crippen molar-refractivity contribution in [3.05, 3.63) is 71.8 Å². The smallest absolute Gasteiger partial charge is 0.409 e. The summed E-state index contributed by atoms with van der Waals surface area (Å²) in [5, 5.41) is 7.32. The van der Waals surface area contributed by atoms with E-state index in [1.165, 1.54) is 26.0 Å². The number of hydrogen-bond donors (Lipinski definition) is 0. The molecule has 0 saturated carbocycles. The third-order valence-electron chi connectivity index (χ3n) is 6.20. The van der Waals surface area contributed by atoms with E-state index < -0.39 is 17.6 Å². The molecular formula is C36H54N4O6. The minimum absolute atomic E-state index is 0.00615. The summed E-state index contributed by atoms with van der Waals surface area (Å²) in [5.74, 6) is 1.30. The zero-order valence-corrected chi connectivity index (χ0v) is 30.2. The molecule has 1 atom stereocenters. The van der Waals surface area contributed by atoms with Gasteiger partial charge < -0.3 is 28.7 Å². The van der Waals surface area contributed by atoms with Gasteiger partial charge in [0.05, 0.1) is 32.5 Å². The molecule has 0 N–H and O–H groups in total. The number of carbonyl (C=O) groups excluding carboxylic acids is 2. The van der Waals surface area contributed by atoms with Crippen LogP contribution in [0.25, 0.3) is 0 Å². The molecule has 10 heteroatoms. The molecule has 0 bridgehead atoms. The van der Waals surface area contributed by atoms with E-state index in [0.717, 1.165) is 0 Å². The number of carbonyl (C=O) groups is 2. The van der Waals surface area contributed by atoms with Crippen LogP contribution in [0, 0.1) is 25.2 Å². The number of aromatic nitrogens is 1. The standard InChI is InChI=1S/C28H33N3O6.C2H3N.3C2H6/c1-19-23(31(5)28(3,26(32)34-6)18-30(4)27(33)35-7)20(2)25(37-22-16-12-9-13-17-22)29-24(19)36-21-14-10-8-11-15-21;1-2-3;3*1-2/h8-17H,18H2,1-7H3;1H3;3*1-2H3. The Labute approximate surface area is 276 Å². The van der Waals surface area contributed by atoms with Crippen LogP contribution in [0.15, 0.2) is 60.7 Å². The first-order valence-corrected chi connectivity index (χ1v) is 15.4. The molecule has 46 heavy (non-hydrogen) atoms. The van der Waals surface area contributed by atoms with Gasteiger partial charge in [-0.05, 0) is 45.0 Å². The lowest BCUT2D eigenvalue weighted by atomic mass is 9.96. The predicted molar refractivity (Wildman–Crippen MR) is 186 cm³/mol. The highest BCUT2D eigenvalue weighted by molar-refractivity contribution is 5.87. The number of benzene rings is 2. The number of rotatable bonds is 9. The number of methoxy groups -OCH3 is 2. The molecule has 1 heterocycles. The Morgan fingerprint density at radius 3 is 1.48 bits per heavy atom. The molecule has 0 aliphatic heterocycles. The van der Waals surface area contributed by atoms with E-state index >= 15 is 0 Å². The molecule has 0 saturated heterocycles. The summed E-state index contributed by atoms with van der Waals surface area (Å²) in [6.45, 7) is 18.8. The van der Waals surface area contributed by atoms with Crippen molar-refractivity contribution in [1.82, 2.24) is 9.88 Å². The Kier molecular flexibility index (Phi) is 22.2. The van der Waals surface area contributed by atoms with Crippen LogP contribution in [-0.2, 0) is 14.3 Å². The maximum atomic E-state index is 13.1. The SMILES string of the molecule is CC.CC.CC.CC#N.COC(=O)N(C)CC(C)(C(=O)OC)N(C)c1c(C)c(Oc2ccccc2)nc(Oc2ccccc2)c1C. The summed E-state index contributed by atoms with van der Waals surface area (Å²) in [4.78, 5) is 33.1. The molecule has 2 aromatic carbocycles. The Bertz CT molecular complexity index is 1260. The van der Waals surface area contributed by atoms with Crippen LogP contribution >= 0.6 is 0 Å². The number of para-hydroxylation sites is 2. The molecule has 1 amide bonds. The van der Waals surface area contributed by atoms with Crippen LogP contribution in [0.2, 0.25) is 0 Å². The third kappa shape index (κ3) is 12.3. The number of likely N-dealkylation sites (N-methyl/N-ethyl adjacent to an activating group) is 2. The highest BCUT2D eigenvalue weighted by atomic mass is 16.5. The predicted octanol–water partition coefficient (Wildman–Crippen LogP) is 8.96. The second-order valence-electron chi connectivity index (χ2n) is 9.03. The van der Waals surface area contributed by atoms with E-state index in [0.29, 0.717) is 40.1 Å². The molecule has 0 fully saturated rings. The number of anilines is 1. The van der Waals surface area contributed by atoms with Crippen LogP contribution in [0.3, 0.4) is 0 Å². The summed E-state index contributed by atoms with van der Waals surface area (Å²) in [6.07, 6.45) is -0.576. The van der Waals surface area contributed by atoms with E-state index in [9.17, 15) is 9.59 Å². The van der Waals surface area contributed by atoms with Crippen molar-refractivity contribution in [2.24, 2.45) is 0 Å². The second-order valence-corrected chi connectivity index (χ2v) is 9.03. The van der Waals surface area contributed by atoms with Gasteiger partial charge in [0, 0.05) is 32.1 Å². The Morgan fingerprint density at radius 1 is 0.783 bits per heavy atom. The average Bonchev–Trinajstić information content (AvgIpc) is 3.10. The molecule has 10 nitrogen and oxygen atoms in total. The fourth-order valence-corrected chi connectivity index (χ4v) is 4.10. The molecule has 254 valence electrons. The largest absolute Gasteiger partial charge is 0.467 e. The summed E-state index contributed by atoms with van der Waals surface area (Å²) in [7, 11) is 5.92. The third-order valence-corrected chi connectivity index (χ3v) is 6.20. The van der Waals surface area contributed by atoms with Crippen molar-refractivity contribution >= 4 is 17.7 Å². The molecule has 0 spiro atoms. The van der Waals surface area contributed by atoms with Crippen molar-refractivity contribution < 1.29 is 28.5 Å². The van der Waals surface area contributed by atoms with E-state index in [1.807, 2.05) is 116 Å². The quantitative estimate of drug-likeness (QED) is 0.212. The molecule has 0 aliphatic carbocycles. The maximum Gasteiger partial charge on any atom is 0.409 e. The van der Waals surface area contributed by atoms with Gasteiger partial charge in [-0.25, -0.2) is 9.59 Å². The number of hydrogen-bond acceptors (Lipinski definition) is 9. The number of nitrogens with zero attached hydrogens (tertiary/aromatic N) is 4. The van der Waals surface area contributed by atoms with Gasteiger partial charge in [0.25, 0.3) is 0 Å². The normalized spacial score (nSPS) is 10.4. The average molecular weight is 639 g/mol. The van der Waals surface area contributed by atoms with Crippen LogP contribution in [-0.4, -0.2) is 62.3 Å². The minimum Gasteiger partial charge on any atom is -0.467 e. The fraction of sp³-hybridized carbons (Fsp3) is 0.444. The van der Waals surface area contributed by atoms with E-state index in [1.54, 1.807) is 32.0 Å². The van der Waals surface area contributed by atoms with Gasteiger partial charge in [-0.1, -0.05) is 77.9 Å². The molecule has 0 radical (unpaired) electrons. The topological polar surface area (TPSA) is 114 Å². The van der Waals surface area contributed by atoms with Gasteiger partial charge in [-0.2, -0.15) is 10.2 Å². The Morgan fingerprint density at radius 2 is 1.15 bits per heavy atom. The Balaban J connectivity index is 0. The molecular weight excluding hydrogens is 584 g/mol. The molecule has 1 aromatic heterocycles. The van der Waals surface area contributed by atoms with Crippen molar-refractivity contribution in [1.29, 1.82) is 5.26 Å². The van der Waals surface area contributed by atoms with Gasteiger partial charge in [0.1, 0.15) is 11.5 Å². The van der Waals surface area contributed by atoms with Crippen LogP contribution < -0.4 is 14.4 Å². The maximum absolute atomic E-state index is 13.1. The van der Waals surface area contributed by atoms with Gasteiger partial charge >= 0.3 is 12.1 Å². The first-order valence-electron chi connectivity index (χ1n) is 15.4. The van der Waals surface area contributed by atoms with E-state index in [2.05, 4.69) is 4.98 Å². The van der Waals surface area contributed by atoms with E-state index in [4.69, 9.17) is 24.2 Å². The van der Waals surface area contributed by atoms with Gasteiger partial charge in [-0.15, -0.1) is 0 Å². The lowest BCUT2D eigenvalue weighted by Crippen LogP contribution is -2.59. The summed E-state index contributed by atoms with van der Waals surface area (Å²) >= 11 is 0. The zero-order chi connectivity index (χ0) is 35.9. The first-order chi connectivity index (χ1) is 22.0. The zero-order valence-electron chi connectivity index (χ0n) is 30.2. The second kappa shape index (κ2) is 23.6. The number of amides is 1. The van der Waals surface area contributed by atoms with Crippen molar-refractivity contribution in [3.8, 4) is 29.3 Å². The Hall–Kier alpha value is -4.78. The monoisotopic (exact) mass is 638 g/mol. The molecule has 0 aliphatic rings. The lowest BCUT2D eigenvalue weighted by molar-refractivity contribution is -0.146. The first kappa shape index (κ1) is 43.3. The van der Waals surface area contributed by atoms with Crippen LogP contribution in [0.4, 0.5) is 10.5 Å². The van der Waals surface area contributed by atoms with Gasteiger partial charge in [0.2, 0.25) is 11.8 Å². The molecule has 3 rings (SSSR count). The summed E-state index contributed by atoms with van der Waals surface area (Å²) in [5.41, 5.74) is 0.723. The van der Waals surface area contributed by atoms with Crippen LogP contribution in [0.1, 0.15) is 66.5 Å². The van der Waals surface area contributed by atoms with Crippen molar-refractivity contribution in [2.75, 3.05) is 39.8 Å². The summed E-state index contributed by atoms with van der Waals surface area (Å²) < 4.78 is 22.3. The molecule has 1 unspecified atom stereocenters. The van der Waals surface area contributed by atoms with Crippen molar-refractivity contribution in [3.63, 3.8) is 0 Å². The summed E-state index contributed by atoms with van der Waals surface area (Å²) in [6, 6.07) is 20.3. The minimum atomic E-state index is -1.29. The van der Waals surface area contributed by atoms with Gasteiger partial charge in [0.15, 0.2) is 5.54 Å². The number of ether oxygens (including phenoxy) is 4. The lowest BCUT2D eigenvalue weighted by Gasteiger charge is -2.41. The fourth-order valence-electron chi connectivity index (χ4n) is 4.10. The molecule has 3 aromatic rings.